The number of nitrogens with zero attached hydrogens (tertiary/aromatic N) is 1. The van der Waals surface area contributed by atoms with Gasteiger partial charge in [0.05, 0.1) is 31.6 Å². The lowest BCUT2D eigenvalue weighted by Gasteiger charge is -2.49. The van der Waals surface area contributed by atoms with Crippen molar-refractivity contribution >= 4 is 16.2 Å². The molecule has 1 aliphatic rings. The molecule has 21 heavy (non-hydrogen) atoms. The Kier molecular flexibility index (Phi) is 5.63. The van der Waals surface area contributed by atoms with Crippen LogP contribution in [0.4, 0.5) is 4.79 Å². The van der Waals surface area contributed by atoms with Gasteiger partial charge in [-0.05, 0) is 18.3 Å². The number of carbonyl (C=O) groups is 1. The first-order valence-corrected chi connectivity index (χ1v) is 8.75. The summed E-state index contributed by atoms with van der Waals surface area (Å²) in [4.78, 5) is 12.6. The Morgan fingerprint density at radius 2 is 2.05 bits per heavy atom. The van der Waals surface area contributed by atoms with Crippen LogP contribution in [0, 0.1) is 5.41 Å². The Labute approximate surface area is 126 Å². The van der Waals surface area contributed by atoms with Gasteiger partial charge in [0, 0.05) is 6.54 Å². The average Bonchev–Trinajstić information content (AvgIpc) is 2.32. The van der Waals surface area contributed by atoms with Crippen LogP contribution < -0.4 is 0 Å². The maximum atomic E-state index is 11.2. The zero-order chi connectivity index (χ0) is 16.3. The third-order valence-electron chi connectivity index (χ3n) is 3.85. The molecule has 1 heterocycles. The molecule has 0 aromatic carbocycles. The van der Waals surface area contributed by atoms with Crippen molar-refractivity contribution in [3.05, 3.63) is 0 Å². The molecule has 1 amide bonds. The van der Waals surface area contributed by atoms with Crippen LogP contribution in [0.25, 0.3) is 0 Å². The van der Waals surface area contributed by atoms with Gasteiger partial charge in [0.15, 0.2) is 0 Å². The van der Waals surface area contributed by atoms with E-state index in [1.165, 1.54) is 4.90 Å². The molecule has 1 fully saturated rings. The summed E-state index contributed by atoms with van der Waals surface area (Å²) in [6.07, 6.45) is 1.07. The number of amides is 1. The fraction of sp³-hybridized carbons (Fsp3) is 0.923. The van der Waals surface area contributed by atoms with Crippen molar-refractivity contribution in [1.82, 2.24) is 4.90 Å². The van der Waals surface area contributed by atoms with E-state index in [0.29, 0.717) is 26.0 Å². The molecule has 1 N–H and O–H groups in total. The number of morpholine rings is 1. The Balaban J connectivity index is 2.74. The standard InChI is InChI=1S/C13H25NO6S/c1-12(2,3)13(6-5-8-20-21(4,17)18)10-14(11(15)16)7-9-19-13/h5-10H2,1-4H3,(H,15,16). The summed E-state index contributed by atoms with van der Waals surface area (Å²) in [5.74, 6) is 0. The zero-order valence-electron chi connectivity index (χ0n) is 13.1. The predicted octanol–water partition coefficient (Wildman–Crippen LogP) is 1.54. The predicted molar refractivity (Wildman–Crippen MR) is 77.8 cm³/mol. The van der Waals surface area contributed by atoms with Crippen LogP contribution in [-0.2, 0) is 19.0 Å². The lowest BCUT2D eigenvalue weighted by Crippen LogP contribution is -2.59. The monoisotopic (exact) mass is 323 g/mol. The molecule has 8 heteroatoms. The van der Waals surface area contributed by atoms with Crippen LogP contribution in [-0.4, -0.2) is 62.7 Å². The molecule has 0 aromatic rings. The number of hydrogen-bond donors (Lipinski definition) is 1. The van der Waals surface area contributed by atoms with Crippen molar-refractivity contribution in [2.75, 3.05) is 32.6 Å². The minimum Gasteiger partial charge on any atom is -0.465 e. The van der Waals surface area contributed by atoms with Crippen LogP contribution in [0.2, 0.25) is 0 Å². The van der Waals surface area contributed by atoms with Crippen LogP contribution in [0.1, 0.15) is 33.6 Å². The molecule has 0 saturated carbocycles. The molecule has 0 radical (unpaired) electrons. The Morgan fingerprint density at radius 1 is 1.43 bits per heavy atom. The van der Waals surface area contributed by atoms with Crippen molar-refractivity contribution in [1.29, 1.82) is 0 Å². The Hall–Kier alpha value is -0.860. The Morgan fingerprint density at radius 3 is 2.52 bits per heavy atom. The quantitative estimate of drug-likeness (QED) is 0.609. The molecular formula is C13H25NO6S. The third-order valence-corrected chi connectivity index (χ3v) is 4.44. The van der Waals surface area contributed by atoms with Crippen LogP contribution in [0.15, 0.2) is 0 Å². The Bertz CT molecular complexity index is 470. The maximum absolute atomic E-state index is 11.2. The van der Waals surface area contributed by atoms with Gasteiger partial charge in [-0.25, -0.2) is 4.79 Å². The SMILES string of the molecule is CC(C)(C)C1(CCCOS(C)(=O)=O)CN(C(=O)O)CCO1. The molecule has 0 aliphatic carbocycles. The lowest BCUT2D eigenvalue weighted by molar-refractivity contribution is -0.164. The number of hydrogen-bond acceptors (Lipinski definition) is 5. The highest BCUT2D eigenvalue weighted by Crippen LogP contribution is 2.40. The first-order valence-electron chi connectivity index (χ1n) is 6.93. The number of ether oxygens (including phenoxy) is 1. The van der Waals surface area contributed by atoms with Crippen LogP contribution in [0.5, 0.6) is 0 Å². The number of rotatable bonds is 5. The van der Waals surface area contributed by atoms with Crippen LogP contribution in [0.3, 0.4) is 0 Å². The molecule has 1 atom stereocenters. The van der Waals surface area contributed by atoms with E-state index in [1.807, 2.05) is 20.8 Å². The summed E-state index contributed by atoms with van der Waals surface area (Å²) < 4.78 is 32.6. The summed E-state index contributed by atoms with van der Waals surface area (Å²) in [7, 11) is -3.45. The second-order valence-corrected chi connectivity index (χ2v) is 8.07. The third kappa shape index (κ3) is 5.12. The van der Waals surface area contributed by atoms with E-state index >= 15 is 0 Å². The van der Waals surface area contributed by atoms with Crippen LogP contribution >= 0.6 is 0 Å². The minimum absolute atomic E-state index is 0.0765. The molecular weight excluding hydrogens is 298 g/mol. The van der Waals surface area contributed by atoms with E-state index in [0.717, 1.165) is 6.26 Å². The summed E-state index contributed by atoms with van der Waals surface area (Å²) in [6, 6.07) is 0. The van der Waals surface area contributed by atoms with Gasteiger partial charge in [-0.15, -0.1) is 0 Å². The van der Waals surface area contributed by atoms with Crippen molar-refractivity contribution < 1.29 is 27.2 Å². The highest BCUT2D eigenvalue weighted by atomic mass is 32.2. The first-order chi connectivity index (χ1) is 9.47. The van der Waals surface area contributed by atoms with Gasteiger partial charge in [-0.1, -0.05) is 20.8 Å². The fourth-order valence-corrected chi connectivity index (χ4v) is 2.92. The second-order valence-electron chi connectivity index (χ2n) is 6.43. The molecule has 1 saturated heterocycles. The van der Waals surface area contributed by atoms with E-state index in [-0.39, 0.29) is 18.6 Å². The van der Waals surface area contributed by atoms with Gasteiger partial charge in [0.1, 0.15) is 0 Å². The molecule has 1 unspecified atom stereocenters. The molecule has 124 valence electrons. The van der Waals surface area contributed by atoms with Crippen molar-refractivity contribution in [2.24, 2.45) is 5.41 Å². The molecule has 7 nitrogen and oxygen atoms in total. The van der Waals surface area contributed by atoms with Crippen molar-refractivity contribution in [3.63, 3.8) is 0 Å². The first kappa shape index (κ1) is 18.2. The van der Waals surface area contributed by atoms with E-state index in [2.05, 4.69) is 0 Å². The van der Waals surface area contributed by atoms with E-state index < -0.39 is 21.8 Å². The zero-order valence-corrected chi connectivity index (χ0v) is 13.9. The second kappa shape index (κ2) is 6.50. The number of carboxylic acid groups (broad SMARTS) is 1. The summed E-state index contributed by atoms with van der Waals surface area (Å²) in [6.45, 7) is 7.04. The van der Waals surface area contributed by atoms with E-state index in [4.69, 9.17) is 8.92 Å². The molecule has 0 aromatic heterocycles. The van der Waals surface area contributed by atoms with Gasteiger partial charge < -0.3 is 14.7 Å². The lowest BCUT2D eigenvalue weighted by atomic mass is 9.72. The van der Waals surface area contributed by atoms with Gasteiger partial charge in [-0.3, -0.25) is 4.18 Å². The van der Waals surface area contributed by atoms with E-state index in [1.54, 1.807) is 0 Å². The topological polar surface area (TPSA) is 93.1 Å². The van der Waals surface area contributed by atoms with Gasteiger partial charge in [0.25, 0.3) is 10.1 Å². The molecule has 0 spiro atoms. The summed E-state index contributed by atoms with van der Waals surface area (Å²) in [5.41, 5.74) is -0.906. The average molecular weight is 323 g/mol. The molecule has 0 bridgehead atoms. The normalized spacial score (nSPS) is 24.1. The van der Waals surface area contributed by atoms with Gasteiger partial charge in [-0.2, -0.15) is 8.42 Å². The fourth-order valence-electron chi connectivity index (χ4n) is 2.50. The molecule has 1 aliphatic heterocycles. The molecule has 1 rings (SSSR count). The summed E-state index contributed by atoms with van der Waals surface area (Å²) >= 11 is 0. The highest BCUT2D eigenvalue weighted by Gasteiger charge is 2.46. The maximum Gasteiger partial charge on any atom is 0.407 e. The van der Waals surface area contributed by atoms with Gasteiger partial charge >= 0.3 is 6.09 Å². The van der Waals surface area contributed by atoms with Gasteiger partial charge in [0.2, 0.25) is 0 Å². The largest absolute Gasteiger partial charge is 0.465 e. The smallest absolute Gasteiger partial charge is 0.407 e. The van der Waals surface area contributed by atoms with E-state index in [9.17, 15) is 18.3 Å². The summed E-state index contributed by atoms with van der Waals surface area (Å²) in [5, 5.41) is 9.18. The highest BCUT2D eigenvalue weighted by molar-refractivity contribution is 7.85. The minimum atomic E-state index is -3.45. The van der Waals surface area contributed by atoms with Crippen molar-refractivity contribution in [2.45, 2.75) is 39.2 Å². The van der Waals surface area contributed by atoms with Crippen molar-refractivity contribution in [3.8, 4) is 0 Å².